The summed E-state index contributed by atoms with van der Waals surface area (Å²) in [6.45, 7) is 4.20. The van der Waals surface area contributed by atoms with Crippen molar-refractivity contribution in [2.24, 2.45) is 0 Å². The summed E-state index contributed by atoms with van der Waals surface area (Å²) >= 11 is -2.19. The van der Waals surface area contributed by atoms with Crippen molar-refractivity contribution in [2.45, 2.75) is 98.2 Å². The summed E-state index contributed by atoms with van der Waals surface area (Å²) in [6, 6.07) is 0. The Balaban J connectivity index is 1.74. The van der Waals surface area contributed by atoms with E-state index in [1.165, 1.54) is 113 Å². The number of aliphatic hydroxyl groups excluding tert-OH is 1. The number of hydrogen-bond donors (Lipinski definition) is 1. The van der Waals surface area contributed by atoms with Crippen LogP contribution in [0.5, 0.6) is 0 Å². The second-order valence-electron chi connectivity index (χ2n) is 9.66. The molecule has 140 valence electrons. The fourth-order valence-corrected chi connectivity index (χ4v) is 19.5. The van der Waals surface area contributed by atoms with Gasteiger partial charge in [0.2, 0.25) is 0 Å². The Kier molecular flexibility index (Phi) is 7.13. The van der Waals surface area contributed by atoms with Crippen LogP contribution in [0.25, 0.3) is 0 Å². The van der Waals surface area contributed by atoms with Crippen molar-refractivity contribution in [1.82, 2.24) is 0 Å². The van der Waals surface area contributed by atoms with Gasteiger partial charge in [0.15, 0.2) is 0 Å². The fourth-order valence-electron chi connectivity index (χ4n) is 6.41. The molecule has 0 bridgehead atoms. The zero-order valence-electron chi connectivity index (χ0n) is 16.3. The summed E-state index contributed by atoms with van der Waals surface area (Å²) in [5.41, 5.74) is 0.648. The first kappa shape index (κ1) is 19.2. The van der Waals surface area contributed by atoms with Gasteiger partial charge in [-0.1, -0.05) is 0 Å². The Labute approximate surface area is 153 Å². The molecule has 24 heavy (non-hydrogen) atoms. The Morgan fingerprint density at radius 1 is 0.750 bits per heavy atom. The molecule has 0 amide bonds. The SMILES string of the molecule is C[N+]1(C[CH2][Ge]([CH2]O)([CH]2CCCCC2)[CH]2CCCCC2)CCCCC1. The van der Waals surface area contributed by atoms with Gasteiger partial charge in [0.25, 0.3) is 0 Å². The minimum atomic E-state index is -2.19. The Morgan fingerprint density at radius 3 is 1.67 bits per heavy atom. The van der Waals surface area contributed by atoms with Gasteiger partial charge in [0.1, 0.15) is 0 Å². The maximum atomic E-state index is 10.8. The van der Waals surface area contributed by atoms with Crippen LogP contribution < -0.4 is 0 Å². The molecule has 1 heterocycles. The molecule has 1 N–H and O–H groups in total. The van der Waals surface area contributed by atoms with Crippen LogP contribution in [0.3, 0.4) is 0 Å². The second kappa shape index (κ2) is 8.90. The van der Waals surface area contributed by atoms with Crippen molar-refractivity contribution >= 4 is 13.3 Å². The molecule has 2 nitrogen and oxygen atoms in total. The van der Waals surface area contributed by atoms with Crippen LogP contribution in [0.4, 0.5) is 0 Å². The van der Waals surface area contributed by atoms with E-state index in [1.54, 1.807) is 0 Å². The summed E-state index contributed by atoms with van der Waals surface area (Å²) in [5, 5.41) is 12.2. The average molecular weight is 397 g/mol. The van der Waals surface area contributed by atoms with E-state index in [0.717, 1.165) is 9.50 Å². The number of nitrogens with zero attached hydrogens (tertiary/aromatic N) is 1. The second-order valence-corrected chi connectivity index (χ2v) is 20.0. The standard InChI is InChI=1S/C21H42GeNO/c1-23(16-9-4-10-17-23)18-15-22(19-24,20-11-5-2-6-12-20)21-13-7-3-8-14-21/h20-21,24H,2-19H2,1H3/q+1. The Morgan fingerprint density at radius 2 is 1.21 bits per heavy atom. The number of hydrogen-bond acceptors (Lipinski definition) is 1. The number of likely N-dealkylation sites (tertiary alicyclic amines) is 1. The number of piperidine rings is 1. The molecule has 0 radical (unpaired) electrons. The van der Waals surface area contributed by atoms with Crippen LogP contribution in [-0.4, -0.2) is 55.0 Å². The summed E-state index contributed by atoms with van der Waals surface area (Å²) in [5.74, 6) is 0. The average Bonchev–Trinajstić information content (AvgIpc) is 2.65. The van der Waals surface area contributed by atoms with Gasteiger partial charge in [-0.05, 0) is 0 Å². The molecule has 1 aliphatic heterocycles. The van der Waals surface area contributed by atoms with E-state index in [2.05, 4.69) is 7.05 Å². The minimum absolute atomic E-state index is 0.648. The van der Waals surface area contributed by atoms with Gasteiger partial charge in [0.05, 0.1) is 0 Å². The van der Waals surface area contributed by atoms with Crippen LogP contribution in [-0.2, 0) is 0 Å². The van der Waals surface area contributed by atoms with E-state index in [9.17, 15) is 5.11 Å². The third-order valence-corrected chi connectivity index (χ3v) is 21.0. The van der Waals surface area contributed by atoms with E-state index in [4.69, 9.17) is 0 Å². The van der Waals surface area contributed by atoms with Crippen molar-refractivity contribution in [3.63, 3.8) is 0 Å². The molecule has 2 aliphatic carbocycles. The molecule has 0 aromatic carbocycles. The molecule has 3 aliphatic rings. The molecule has 0 aromatic rings. The molecule has 1 saturated heterocycles. The molecular formula is C21H42GeNO+. The molecule has 3 heteroatoms. The zero-order valence-corrected chi connectivity index (χ0v) is 18.4. The van der Waals surface area contributed by atoms with Crippen molar-refractivity contribution in [1.29, 1.82) is 0 Å². The van der Waals surface area contributed by atoms with Gasteiger partial charge in [-0.2, -0.15) is 0 Å². The first-order valence-corrected chi connectivity index (χ1v) is 16.5. The Hall–Kier alpha value is 0.463. The quantitative estimate of drug-likeness (QED) is 0.479. The van der Waals surface area contributed by atoms with Crippen LogP contribution in [0.1, 0.15) is 83.5 Å². The number of aliphatic hydroxyl groups is 1. The summed E-state index contributed by atoms with van der Waals surface area (Å²) in [6.07, 6.45) is 18.9. The van der Waals surface area contributed by atoms with Crippen LogP contribution >= 0.6 is 0 Å². The van der Waals surface area contributed by atoms with Gasteiger partial charge < -0.3 is 0 Å². The van der Waals surface area contributed by atoms with Gasteiger partial charge in [-0.25, -0.2) is 0 Å². The number of rotatable bonds is 6. The summed E-state index contributed by atoms with van der Waals surface area (Å²) in [4.78, 5) is 0. The third kappa shape index (κ3) is 4.41. The third-order valence-electron chi connectivity index (χ3n) is 8.14. The van der Waals surface area contributed by atoms with Crippen molar-refractivity contribution in [2.75, 3.05) is 32.1 Å². The van der Waals surface area contributed by atoms with E-state index in [-0.39, 0.29) is 0 Å². The van der Waals surface area contributed by atoms with Gasteiger partial charge in [-0.3, -0.25) is 0 Å². The van der Waals surface area contributed by atoms with Crippen LogP contribution in [0.15, 0.2) is 0 Å². The van der Waals surface area contributed by atoms with Crippen molar-refractivity contribution < 1.29 is 9.59 Å². The van der Waals surface area contributed by atoms with E-state index in [1.807, 2.05) is 0 Å². The Bertz CT molecular complexity index is 350. The molecular weight excluding hydrogens is 355 g/mol. The summed E-state index contributed by atoms with van der Waals surface area (Å²) < 4.78 is 3.30. The predicted octanol–water partition coefficient (Wildman–Crippen LogP) is 5.27. The van der Waals surface area contributed by atoms with Gasteiger partial charge >= 0.3 is 153 Å². The molecule has 2 saturated carbocycles. The van der Waals surface area contributed by atoms with E-state index < -0.39 is 13.3 Å². The van der Waals surface area contributed by atoms with Gasteiger partial charge in [0, 0.05) is 0 Å². The van der Waals surface area contributed by atoms with E-state index >= 15 is 0 Å². The molecule has 0 spiro atoms. The van der Waals surface area contributed by atoms with Crippen molar-refractivity contribution in [3.8, 4) is 0 Å². The predicted molar refractivity (Wildman–Crippen MR) is 106 cm³/mol. The first-order valence-electron chi connectivity index (χ1n) is 11.1. The maximum absolute atomic E-state index is 10.8. The summed E-state index contributed by atoms with van der Waals surface area (Å²) in [7, 11) is 2.52. The van der Waals surface area contributed by atoms with Crippen molar-refractivity contribution in [3.05, 3.63) is 0 Å². The normalized spacial score (nSPS) is 27.2. The van der Waals surface area contributed by atoms with Crippen LogP contribution in [0.2, 0.25) is 14.8 Å². The molecule has 0 aromatic heterocycles. The topological polar surface area (TPSA) is 20.2 Å². The van der Waals surface area contributed by atoms with Gasteiger partial charge in [-0.15, -0.1) is 0 Å². The van der Waals surface area contributed by atoms with Crippen LogP contribution in [0, 0.1) is 0 Å². The molecule has 3 rings (SSSR count). The number of quaternary nitrogens is 1. The van der Waals surface area contributed by atoms with E-state index in [0.29, 0.717) is 5.44 Å². The monoisotopic (exact) mass is 398 g/mol. The molecule has 3 fully saturated rings. The zero-order chi connectivity index (χ0) is 16.9. The first-order chi connectivity index (χ1) is 11.7. The fraction of sp³-hybridized carbons (Fsp3) is 1.00. The molecule has 0 unspecified atom stereocenters. The molecule has 0 atom stereocenters.